The van der Waals surface area contributed by atoms with Crippen molar-refractivity contribution in [3.8, 4) is 0 Å². The molecule has 2 saturated carbocycles. The maximum absolute atomic E-state index is 12.1. The molecule has 0 unspecified atom stereocenters. The van der Waals surface area contributed by atoms with Gasteiger partial charge in [-0.2, -0.15) is 0 Å². The van der Waals surface area contributed by atoms with E-state index in [2.05, 4.69) is 0 Å². The first kappa shape index (κ1) is 13.9. The Morgan fingerprint density at radius 1 is 1.17 bits per heavy atom. The zero-order chi connectivity index (χ0) is 13.0. The molecule has 0 aromatic carbocycles. The number of esters is 1. The molecule has 2 aliphatic rings. The molecule has 2 atom stereocenters. The van der Waals surface area contributed by atoms with Gasteiger partial charge in [0.05, 0.1) is 12.0 Å². The van der Waals surface area contributed by atoms with E-state index in [9.17, 15) is 9.90 Å². The summed E-state index contributed by atoms with van der Waals surface area (Å²) in [6.07, 6.45) is 9.23. The number of hydrogen-bond donors (Lipinski definition) is 1. The number of hydrogen-bond acceptors (Lipinski definition) is 3. The van der Waals surface area contributed by atoms with Gasteiger partial charge in [-0.3, -0.25) is 4.79 Å². The quantitative estimate of drug-likeness (QED) is 0.767. The predicted octanol–water partition coefficient (Wildman–Crippen LogP) is 3.05. The Morgan fingerprint density at radius 2 is 1.72 bits per heavy atom. The highest BCUT2D eigenvalue weighted by Crippen LogP contribution is 2.33. The topological polar surface area (TPSA) is 46.5 Å². The molecule has 3 heteroatoms. The Hall–Kier alpha value is -0.570. The van der Waals surface area contributed by atoms with Crippen molar-refractivity contribution in [2.75, 3.05) is 0 Å². The lowest BCUT2D eigenvalue weighted by Gasteiger charge is -2.26. The van der Waals surface area contributed by atoms with E-state index in [1.165, 1.54) is 12.8 Å². The molecule has 0 aromatic heterocycles. The van der Waals surface area contributed by atoms with E-state index in [1.54, 1.807) is 6.92 Å². The molecule has 0 aliphatic heterocycles. The van der Waals surface area contributed by atoms with Crippen LogP contribution < -0.4 is 0 Å². The van der Waals surface area contributed by atoms with Crippen molar-refractivity contribution in [1.29, 1.82) is 0 Å². The van der Waals surface area contributed by atoms with Gasteiger partial charge >= 0.3 is 5.97 Å². The van der Waals surface area contributed by atoms with Gasteiger partial charge in [0.1, 0.15) is 6.10 Å². The lowest BCUT2D eigenvalue weighted by Crippen LogP contribution is -2.31. The molecule has 2 aliphatic carbocycles. The average molecular weight is 254 g/mol. The fourth-order valence-corrected chi connectivity index (χ4v) is 3.41. The maximum atomic E-state index is 12.1. The van der Waals surface area contributed by atoms with Crippen molar-refractivity contribution >= 4 is 5.97 Å². The van der Waals surface area contributed by atoms with Crippen molar-refractivity contribution in [3.05, 3.63) is 0 Å². The summed E-state index contributed by atoms with van der Waals surface area (Å²) < 4.78 is 5.73. The smallest absolute Gasteiger partial charge is 0.309 e. The van der Waals surface area contributed by atoms with Crippen LogP contribution >= 0.6 is 0 Å². The monoisotopic (exact) mass is 254 g/mol. The molecule has 0 aromatic rings. The number of ether oxygens (including phenoxy) is 1. The maximum Gasteiger partial charge on any atom is 0.309 e. The first-order valence-electron chi connectivity index (χ1n) is 7.55. The number of aliphatic hydroxyl groups excluding tert-OH is 1. The number of aliphatic hydroxyl groups is 1. The molecule has 0 bridgehead atoms. The Balaban J connectivity index is 1.88. The molecule has 0 radical (unpaired) electrons. The molecule has 3 nitrogen and oxygen atoms in total. The molecular formula is C15H26O3. The van der Waals surface area contributed by atoms with Gasteiger partial charge in [0, 0.05) is 6.42 Å². The van der Waals surface area contributed by atoms with Crippen LogP contribution in [-0.4, -0.2) is 23.3 Å². The van der Waals surface area contributed by atoms with Gasteiger partial charge < -0.3 is 9.84 Å². The van der Waals surface area contributed by atoms with Crippen LogP contribution in [0.4, 0.5) is 0 Å². The van der Waals surface area contributed by atoms with Gasteiger partial charge in [0.15, 0.2) is 0 Å². The van der Waals surface area contributed by atoms with Gasteiger partial charge in [-0.05, 0) is 38.5 Å². The van der Waals surface area contributed by atoms with Gasteiger partial charge in [0.2, 0.25) is 0 Å². The van der Waals surface area contributed by atoms with Gasteiger partial charge in [0.25, 0.3) is 0 Å². The summed E-state index contributed by atoms with van der Waals surface area (Å²) in [7, 11) is 0. The van der Waals surface area contributed by atoms with Crippen molar-refractivity contribution in [2.45, 2.75) is 76.9 Å². The summed E-state index contributed by atoms with van der Waals surface area (Å²) in [6.45, 7) is 1.78. The Labute approximate surface area is 110 Å². The minimum atomic E-state index is -0.382. The fraction of sp³-hybridized carbons (Fsp3) is 0.933. The minimum Gasteiger partial charge on any atom is -0.462 e. The summed E-state index contributed by atoms with van der Waals surface area (Å²) >= 11 is 0. The lowest BCUT2D eigenvalue weighted by molar-refractivity contribution is -0.158. The van der Waals surface area contributed by atoms with Crippen LogP contribution in [0.5, 0.6) is 0 Å². The molecule has 2 fully saturated rings. The summed E-state index contributed by atoms with van der Waals surface area (Å²) in [5.41, 5.74) is 0. The summed E-state index contributed by atoms with van der Waals surface area (Å²) in [5.74, 6) is 0.595. The highest BCUT2D eigenvalue weighted by molar-refractivity contribution is 5.72. The molecule has 1 N–H and O–H groups in total. The predicted molar refractivity (Wildman–Crippen MR) is 70.1 cm³/mol. The SMILES string of the molecule is C[C@H](O)C[C@@H](OC(=O)C1CCCC1)C1CCCC1. The summed E-state index contributed by atoms with van der Waals surface area (Å²) in [4.78, 5) is 12.1. The second-order valence-corrected chi connectivity index (χ2v) is 6.09. The van der Waals surface area contributed by atoms with Crippen LogP contribution in [0.2, 0.25) is 0 Å². The molecule has 0 saturated heterocycles. The number of carbonyl (C=O) groups excluding carboxylic acids is 1. The van der Waals surface area contributed by atoms with Crippen LogP contribution in [0.15, 0.2) is 0 Å². The van der Waals surface area contributed by atoms with Crippen LogP contribution in [0.1, 0.15) is 64.7 Å². The van der Waals surface area contributed by atoms with E-state index in [0.29, 0.717) is 12.3 Å². The second-order valence-electron chi connectivity index (χ2n) is 6.09. The summed E-state index contributed by atoms with van der Waals surface area (Å²) in [5, 5.41) is 9.57. The molecule has 104 valence electrons. The van der Waals surface area contributed by atoms with Gasteiger partial charge in [-0.1, -0.05) is 25.7 Å². The zero-order valence-electron chi connectivity index (χ0n) is 11.4. The van der Waals surface area contributed by atoms with E-state index >= 15 is 0 Å². The fourth-order valence-electron chi connectivity index (χ4n) is 3.41. The van der Waals surface area contributed by atoms with E-state index in [0.717, 1.165) is 38.5 Å². The normalized spacial score (nSPS) is 25.2. The third kappa shape index (κ3) is 3.71. The lowest BCUT2D eigenvalue weighted by atomic mass is 9.95. The van der Waals surface area contributed by atoms with Crippen LogP contribution in [0.25, 0.3) is 0 Å². The van der Waals surface area contributed by atoms with Crippen LogP contribution in [0, 0.1) is 11.8 Å². The Morgan fingerprint density at radius 3 is 2.28 bits per heavy atom. The highest BCUT2D eigenvalue weighted by Gasteiger charge is 2.32. The van der Waals surface area contributed by atoms with Gasteiger partial charge in [-0.25, -0.2) is 0 Å². The summed E-state index contributed by atoms with van der Waals surface area (Å²) in [6, 6.07) is 0. The Bertz CT molecular complexity index is 263. The minimum absolute atomic E-state index is 0.00921. The van der Waals surface area contributed by atoms with E-state index in [-0.39, 0.29) is 24.1 Å². The number of rotatable bonds is 5. The standard InChI is InChI=1S/C15H26O3/c1-11(16)10-14(12-6-2-3-7-12)18-15(17)13-8-4-5-9-13/h11-14,16H,2-10H2,1H3/t11-,14+/m0/s1. The zero-order valence-corrected chi connectivity index (χ0v) is 11.4. The molecule has 0 amide bonds. The molecule has 2 rings (SSSR count). The third-order valence-corrected chi connectivity index (χ3v) is 4.46. The van der Waals surface area contributed by atoms with Gasteiger partial charge in [-0.15, -0.1) is 0 Å². The molecular weight excluding hydrogens is 228 g/mol. The first-order valence-corrected chi connectivity index (χ1v) is 7.55. The van der Waals surface area contributed by atoms with Crippen molar-refractivity contribution in [3.63, 3.8) is 0 Å². The molecule has 0 heterocycles. The van der Waals surface area contributed by atoms with Crippen molar-refractivity contribution in [1.82, 2.24) is 0 Å². The van der Waals surface area contributed by atoms with E-state index < -0.39 is 0 Å². The second kappa shape index (κ2) is 6.55. The average Bonchev–Trinajstić information content (AvgIpc) is 3.01. The van der Waals surface area contributed by atoms with E-state index in [1.807, 2.05) is 0 Å². The first-order chi connectivity index (χ1) is 8.66. The molecule has 0 spiro atoms. The molecule has 18 heavy (non-hydrogen) atoms. The largest absolute Gasteiger partial charge is 0.462 e. The van der Waals surface area contributed by atoms with E-state index in [4.69, 9.17) is 4.74 Å². The van der Waals surface area contributed by atoms with Crippen LogP contribution in [0.3, 0.4) is 0 Å². The van der Waals surface area contributed by atoms with Crippen molar-refractivity contribution < 1.29 is 14.6 Å². The Kier molecular flexibility index (Phi) is 5.04. The number of carbonyl (C=O) groups is 1. The third-order valence-electron chi connectivity index (χ3n) is 4.46. The highest BCUT2D eigenvalue weighted by atomic mass is 16.5. The van der Waals surface area contributed by atoms with Crippen molar-refractivity contribution in [2.24, 2.45) is 11.8 Å². The van der Waals surface area contributed by atoms with Crippen LogP contribution in [-0.2, 0) is 9.53 Å².